The van der Waals surface area contributed by atoms with Gasteiger partial charge in [-0.3, -0.25) is 0 Å². The summed E-state index contributed by atoms with van der Waals surface area (Å²) in [5.41, 5.74) is 6.84. The molecule has 3 aromatic rings. The number of benzene rings is 2. The first-order chi connectivity index (χ1) is 16.6. The van der Waals surface area contributed by atoms with Gasteiger partial charge in [-0.25, -0.2) is 14.4 Å². The molecule has 0 saturated heterocycles. The number of halogens is 1. The third-order valence-electron chi connectivity index (χ3n) is 6.99. The standard InChI is InChI=1S/C27H30FN5O/c1-16(2)33-9-10-34-26-22(18-3-4-18)12-19(13-24(26)33)25-23(28)15-30-27(32-25)31-21-6-5-17-7-8-29-14-20(17)11-21/h5-6,11-13,15-16,18,29H,3-4,7-10,14H2,1-2H3,(H,30,31,32). The molecule has 0 unspecified atom stereocenters. The SMILES string of the molecule is CC(C)N1CCOc2c(C3CC3)cc(-c3nc(Nc4ccc5c(c4)CNCC5)ncc3F)cc21. The van der Waals surface area contributed by atoms with Crippen LogP contribution in [0.2, 0.25) is 0 Å². The second kappa shape index (κ2) is 8.55. The van der Waals surface area contributed by atoms with Crippen LogP contribution in [0.25, 0.3) is 11.3 Å². The smallest absolute Gasteiger partial charge is 0.227 e. The summed E-state index contributed by atoms with van der Waals surface area (Å²) in [5, 5.41) is 6.68. The number of aromatic nitrogens is 2. The fraction of sp³-hybridized carbons (Fsp3) is 0.407. The molecule has 6 nitrogen and oxygen atoms in total. The van der Waals surface area contributed by atoms with Gasteiger partial charge >= 0.3 is 0 Å². The predicted octanol–water partition coefficient (Wildman–Crippen LogP) is 5.16. The monoisotopic (exact) mass is 459 g/mol. The normalized spacial score (nSPS) is 17.2. The van der Waals surface area contributed by atoms with E-state index in [0.717, 1.165) is 61.6 Å². The molecule has 34 heavy (non-hydrogen) atoms. The lowest BCUT2D eigenvalue weighted by atomic mass is 9.99. The van der Waals surface area contributed by atoms with E-state index in [1.807, 2.05) is 12.1 Å². The fourth-order valence-electron chi connectivity index (χ4n) is 5.06. The van der Waals surface area contributed by atoms with E-state index in [2.05, 4.69) is 57.5 Å². The fourth-order valence-corrected chi connectivity index (χ4v) is 5.06. The lowest BCUT2D eigenvalue weighted by Gasteiger charge is -2.36. The first-order valence-electron chi connectivity index (χ1n) is 12.3. The molecular formula is C27H30FN5O. The molecule has 2 aromatic carbocycles. The number of rotatable bonds is 5. The lowest BCUT2D eigenvalue weighted by molar-refractivity contribution is 0.300. The molecule has 3 heterocycles. The largest absolute Gasteiger partial charge is 0.489 e. The van der Waals surface area contributed by atoms with Crippen molar-refractivity contribution < 1.29 is 9.13 Å². The molecule has 0 atom stereocenters. The molecule has 2 N–H and O–H groups in total. The number of hydrogen-bond acceptors (Lipinski definition) is 6. The number of ether oxygens (including phenoxy) is 1. The van der Waals surface area contributed by atoms with Gasteiger partial charge in [-0.1, -0.05) is 6.07 Å². The number of anilines is 3. The number of fused-ring (bicyclic) bond motifs is 2. The number of nitrogens with zero attached hydrogens (tertiary/aromatic N) is 3. The molecule has 0 spiro atoms. The first kappa shape index (κ1) is 21.4. The van der Waals surface area contributed by atoms with Gasteiger partial charge in [0.05, 0.1) is 18.4 Å². The van der Waals surface area contributed by atoms with E-state index in [0.29, 0.717) is 30.2 Å². The highest BCUT2D eigenvalue weighted by Crippen LogP contribution is 2.50. The maximum atomic E-state index is 15.0. The lowest BCUT2D eigenvalue weighted by Crippen LogP contribution is -2.38. The minimum absolute atomic E-state index is 0.316. The predicted molar refractivity (Wildman–Crippen MR) is 133 cm³/mol. The zero-order valence-corrected chi connectivity index (χ0v) is 19.7. The summed E-state index contributed by atoms with van der Waals surface area (Å²) in [4.78, 5) is 11.2. The van der Waals surface area contributed by atoms with E-state index in [4.69, 9.17) is 4.74 Å². The van der Waals surface area contributed by atoms with Gasteiger partial charge in [0.15, 0.2) is 5.82 Å². The maximum Gasteiger partial charge on any atom is 0.227 e. The minimum Gasteiger partial charge on any atom is -0.489 e. The van der Waals surface area contributed by atoms with Crippen LogP contribution >= 0.6 is 0 Å². The Morgan fingerprint density at radius 3 is 2.88 bits per heavy atom. The van der Waals surface area contributed by atoms with Gasteiger partial charge in [0.1, 0.15) is 18.1 Å². The van der Waals surface area contributed by atoms with Crippen LogP contribution in [0.4, 0.5) is 21.7 Å². The van der Waals surface area contributed by atoms with Gasteiger partial charge in [-0.15, -0.1) is 0 Å². The van der Waals surface area contributed by atoms with Crippen molar-refractivity contribution in [3.05, 3.63) is 59.0 Å². The van der Waals surface area contributed by atoms with E-state index in [1.165, 1.54) is 22.9 Å². The highest BCUT2D eigenvalue weighted by atomic mass is 19.1. The zero-order chi connectivity index (χ0) is 23.2. The van der Waals surface area contributed by atoms with Crippen LogP contribution in [0.3, 0.4) is 0 Å². The van der Waals surface area contributed by atoms with Crippen LogP contribution in [0.1, 0.15) is 49.3 Å². The molecule has 0 bridgehead atoms. The Bertz CT molecular complexity index is 1240. The number of hydrogen-bond donors (Lipinski definition) is 2. The third-order valence-corrected chi connectivity index (χ3v) is 6.99. The maximum absolute atomic E-state index is 15.0. The Balaban J connectivity index is 1.38. The van der Waals surface area contributed by atoms with E-state index < -0.39 is 5.82 Å². The molecule has 0 amide bonds. The summed E-state index contributed by atoms with van der Waals surface area (Å²) in [6, 6.07) is 10.7. The Hall–Kier alpha value is -3.19. The van der Waals surface area contributed by atoms with Crippen LogP contribution < -0.4 is 20.3 Å². The van der Waals surface area contributed by atoms with Gasteiger partial charge in [0, 0.05) is 29.4 Å². The van der Waals surface area contributed by atoms with Crippen molar-refractivity contribution in [1.29, 1.82) is 0 Å². The van der Waals surface area contributed by atoms with E-state index in [9.17, 15) is 0 Å². The number of nitrogens with one attached hydrogen (secondary N) is 2. The Morgan fingerprint density at radius 1 is 1.18 bits per heavy atom. The molecular weight excluding hydrogens is 429 g/mol. The van der Waals surface area contributed by atoms with Crippen LogP contribution in [0, 0.1) is 5.82 Å². The van der Waals surface area contributed by atoms with Crippen molar-refractivity contribution in [1.82, 2.24) is 15.3 Å². The molecule has 1 aliphatic carbocycles. The van der Waals surface area contributed by atoms with Crippen molar-refractivity contribution in [2.24, 2.45) is 0 Å². The van der Waals surface area contributed by atoms with Crippen molar-refractivity contribution in [2.45, 2.75) is 51.6 Å². The molecule has 2 aliphatic heterocycles. The average molecular weight is 460 g/mol. The summed E-state index contributed by atoms with van der Waals surface area (Å²) in [7, 11) is 0. The van der Waals surface area contributed by atoms with Crippen LogP contribution in [-0.4, -0.2) is 35.7 Å². The first-order valence-corrected chi connectivity index (χ1v) is 12.3. The van der Waals surface area contributed by atoms with Gasteiger partial charge in [0.2, 0.25) is 5.95 Å². The quantitative estimate of drug-likeness (QED) is 0.550. The van der Waals surface area contributed by atoms with Gasteiger partial charge in [0.25, 0.3) is 0 Å². The molecule has 1 fully saturated rings. The third kappa shape index (κ3) is 3.98. The molecule has 3 aliphatic rings. The Kier molecular flexibility index (Phi) is 5.37. The summed E-state index contributed by atoms with van der Waals surface area (Å²) in [6.07, 6.45) is 4.59. The molecule has 1 saturated carbocycles. The molecule has 0 radical (unpaired) electrons. The van der Waals surface area contributed by atoms with Crippen LogP contribution in [0.5, 0.6) is 5.75 Å². The van der Waals surface area contributed by atoms with Gasteiger partial charge in [-0.2, -0.15) is 0 Å². The molecule has 6 rings (SSSR count). The summed E-state index contributed by atoms with van der Waals surface area (Å²) >= 11 is 0. The second-order valence-corrected chi connectivity index (χ2v) is 9.75. The van der Waals surface area contributed by atoms with E-state index >= 15 is 4.39 Å². The Labute approximate surface area is 199 Å². The average Bonchev–Trinajstić information content (AvgIpc) is 3.69. The van der Waals surface area contributed by atoms with Gasteiger partial charge in [-0.05, 0) is 81.0 Å². The van der Waals surface area contributed by atoms with E-state index in [-0.39, 0.29) is 0 Å². The van der Waals surface area contributed by atoms with E-state index in [1.54, 1.807) is 0 Å². The molecule has 176 valence electrons. The van der Waals surface area contributed by atoms with Crippen LogP contribution in [0.15, 0.2) is 36.5 Å². The van der Waals surface area contributed by atoms with Crippen molar-refractivity contribution in [3.8, 4) is 17.0 Å². The van der Waals surface area contributed by atoms with Crippen molar-refractivity contribution >= 4 is 17.3 Å². The van der Waals surface area contributed by atoms with Crippen molar-refractivity contribution in [2.75, 3.05) is 29.9 Å². The summed E-state index contributed by atoms with van der Waals surface area (Å²) in [5.74, 6) is 1.41. The molecule has 1 aromatic heterocycles. The summed E-state index contributed by atoms with van der Waals surface area (Å²) < 4.78 is 21.2. The minimum atomic E-state index is -0.422. The highest BCUT2D eigenvalue weighted by Gasteiger charge is 2.33. The van der Waals surface area contributed by atoms with Crippen molar-refractivity contribution in [3.63, 3.8) is 0 Å². The van der Waals surface area contributed by atoms with Crippen LogP contribution in [-0.2, 0) is 13.0 Å². The van der Waals surface area contributed by atoms with Gasteiger partial charge < -0.3 is 20.3 Å². The highest BCUT2D eigenvalue weighted by molar-refractivity contribution is 5.76. The topological polar surface area (TPSA) is 62.3 Å². The zero-order valence-electron chi connectivity index (χ0n) is 19.7. The summed E-state index contributed by atoms with van der Waals surface area (Å²) in [6.45, 7) is 7.72. The molecule has 7 heteroatoms. The second-order valence-electron chi connectivity index (χ2n) is 9.75. The Morgan fingerprint density at radius 2 is 2.06 bits per heavy atom.